The topological polar surface area (TPSA) is 152 Å². The Balaban J connectivity index is 1.59. The minimum absolute atomic E-state index is 0.0395. The predicted octanol–water partition coefficient (Wildman–Crippen LogP) is 2.76. The predicted molar refractivity (Wildman–Crippen MR) is 138 cm³/mol. The second kappa shape index (κ2) is 9.34. The van der Waals surface area contributed by atoms with E-state index < -0.39 is 64.1 Å². The number of fused-ring (bicyclic) bond motifs is 3. The number of benzene rings is 2. The first kappa shape index (κ1) is 26.6. The Kier molecular flexibility index (Phi) is 6.37. The van der Waals surface area contributed by atoms with E-state index in [1.54, 1.807) is 30.4 Å². The molecule has 5 rings (SSSR count). The number of Topliss-reactive ketones (excluding diaryl/α,β-unsaturated/α-hetero) is 4. The molecule has 4 N–H and O–H groups in total. The standard InChI is InChI=1S/C30H28FNO7/c1-13(2)19-10-15(6-3-14-4-7-18(31)8-5-14)25(34)23-20(19)11-16-9-17-12-21(33)24(29(32)38)28(37)30(17,39)27(36)22(16)26(23)35/h3-8,10,13,16-17,22,24,34,39H,9,11-12H2,1-2H3,(H2,32,38)/t16-,17+,22?,24?,30+/m1/s1. The second-order valence-electron chi connectivity index (χ2n) is 11.0. The van der Waals surface area contributed by atoms with Crippen LogP contribution < -0.4 is 5.73 Å². The molecule has 2 saturated carbocycles. The van der Waals surface area contributed by atoms with E-state index >= 15 is 0 Å². The number of hydrogen-bond acceptors (Lipinski definition) is 7. The molecule has 202 valence electrons. The molecule has 0 spiro atoms. The third-order valence-corrected chi connectivity index (χ3v) is 8.41. The lowest BCUT2D eigenvalue weighted by Gasteiger charge is -2.48. The van der Waals surface area contributed by atoms with Gasteiger partial charge in [0, 0.05) is 17.9 Å². The zero-order valence-corrected chi connectivity index (χ0v) is 21.4. The van der Waals surface area contributed by atoms with E-state index in [0.29, 0.717) is 16.7 Å². The van der Waals surface area contributed by atoms with Gasteiger partial charge >= 0.3 is 0 Å². The van der Waals surface area contributed by atoms with E-state index in [1.165, 1.54) is 12.1 Å². The van der Waals surface area contributed by atoms with E-state index in [0.717, 1.165) is 5.56 Å². The first-order valence-corrected chi connectivity index (χ1v) is 12.9. The summed E-state index contributed by atoms with van der Waals surface area (Å²) in [5, 5.41) is 22.6. The van der Waals surface area contributed by atoms with Gasteiger partial charge in [-0.25, -0.2) is 4.39 Å². The van der Waals surface area contributed by atoms with Crippen molar-refractivity contribution in [1.82, 2.24) is 0 Å². The summed E-state index contributed by atoms with van der Waals surface area (Å²) in [6, 6.07) is 7.49. The number of halogens is 1. The Morgan fingerprint density at radius 3 is 2.36 bits per heavy atom. The van der Waals surface area contributed by atoms with Gasteiger partial charge in [-0.2, -0.15) is 0 Å². The quantitative estimate of drug-likeness (QED) is 0.404. The molecular weight excluding hydrogens is 505 g/mol. The molecule has 3 aliphatic carbocycles. The largest absolute Gasteiger partial charge is 0.507 e. The summed E-state index contributed by atoms with van der Waals surface area (Å²) in [5.74, 6) is -10.8. The highest BCUT2D eigenvalue weighted by Gasteiger charge is 2.66. The van der Waals surface area contributed by atoms with Crippen LogP contribution in [-0.4, -0.2) is 44.9 Å². The van der Waals surface area contributed by atoms with Crippen molar-refractivity contribution in [2.24, 2.45) is 29.4 Å². The van der Waals surface area contributed by atoms with Crippen molar-refractivity contribution in [2.75, 3.05) is 0 Å². The van der Waals surface area contributed by atoms with Gasteiger partial charge in [-0.3, -0.25) is 24.0 Å². The number of aromatic hydroxyl groups is 1. The maximum Gasteiger partial charge on any atom is 0.235 e. The Labute approximate surface area is 223 Å². The molecule has 0 heterocycles. The lowest BCUT2D eigenvalue weighted by molar-refractivity contribution is -0.175. The monoisotopic (exact) mass is 533 g/mol. The van der Waals surface area contributed by atoms with Crippen LogP contribution in [0.25, 0.3) is 12.2 Å². The number of carbonyl (C=O) groups excluding carboxylic acids is 5. The minimum Gasteiger partial charge on any atom is -0.507 e. The SMILES string of the molecule is CC(C)c1cc(C=Cc2ccc(F)cc2)c(O)c2c1C[C@H]1C[C@H]3CC(=O)C(C(N)=O)C(=O)[C@@]3(O)C(=O)C1C2=O. The molecule has 1 amide bonds. The Morgan fingerprint density at radius 2 is 1.74 bits per heavy atom. The fourth-order valence-electron chi connectivity index (χ4n) is 6.49. The van der Waals surface area contributed by atoms with Gasteiger partial charge in [0.1, 0.15) is 11.6 Å². The molecule has 5 atom stereocenters. The summed E-state index contributed by atoms with van der Waals surface area (Å²) in [7, 11) is 0. The molecule has 8 nitrogen and oxygen atoms in total. The second-order valence-corrected chi connectivity index (χ2v) is 11.0. The van der Waals surface area contributed by atoms with E-state index in [-0.39, 0.29) is 36.5 Å². The molecule has 2 aromatic rings. The third kappa shape index (κ3) is 4.03. The Morgan fingerprint density at radius 1 is 1.08 bits per heavy atom. The lowest BCUT2D eigenvalue weighted by Crippen LogP contribution is -2.68. The molecular formula is C30H28FNO7. The zero-order valence-electron chi connectivity index (χ0n) is 21.4. The number of rotatable bonds is 4. The van der Waals surface area contributed by atoms with Crippen LogP contribution in [0.4, 0.5) is 4.39 Å². The normalized spacial score (nSPS) is 28.4. The summed E-state index contributed by atoms with van der Waals surface area (Å²) in [4.78, 5) is 65.0. The van der Waals surface area contributed by atoms with Crippen molar-refractivity contribution in [3.8, 4) is 5.75 Å². The number of hydrogen-bond donors (Lipinski definition) is 3. The molecule has 0 aliphatic heterocycles. The smallest absolute Gasteiger partial charge is 0.235 e. The molecule has 39 heavy (non-hydrogen) atoms. The number of aliphatic hydroxyl groups is 1. The van der Waals surface area contributed by atoms with Crippen LogP contribution in [0.15, 0.2) is 30.3 Å². The molecule has 0 radical (unpaired) electrons. The van der Waals surface area contributed by atoms with Gasteiger partial charge in [0.15, 0.2) is 34.7 Å². The number of carbonyl (C=O) groups is 5. The van der Waals surface area contributed by atoms with Crippen molar-refractivity contribution in [2.45, 2.75) is 44.6 Å². The average Bonchev–Trinajstić information content (AvgIpc) is 2.86. The highest BCUT2D eigenvalue weighted by Crippen LogP contribution is 2.51. The summed E-state index contributed by atoms with van der Waals surface area (Å²) < 4.78 is 13.3. The van der Waals surface area contributed by atoms with Gasteiger partial charge in [0.05, 0.1) is 11.5 Å². The van der Waals surface area contributed by atoms with E-state index in [4.69, 9.17) is 5.73 Å². The van der Waals surface area contributed by atoms with E-state index in [9.17, 15) is 38.6 Å². The Bertz CT molecular complexity index is 1480. The summed E-state index contributed by atoms with van der Waals surface area (Å²) >= 11 is 0. The molecule has 9 heteroatoms. The van der Waals surface area contributed by atoms with Gasteiger partial charge in [-0.15, -0.1) is 0 Å². The van der Waals surface area contributed by atoms with Crippen LogP contribution in [0.3, 0.4) is 0 Å². The molecule has 0 aromatic heterocycles. The first-order valence-electron chi connectivity index (χ1n) is 12.9. The molecule has 2 aromatic carbocycles. The van der Waals surface area contributed by atoms with Gasteiger partial charge in [-0.05, 0) is 59.6 Å². The van der Waals surface area contributed by atoms with Gasteiger partial charge < -0.3 is 15.9 Å². The molecule has 0 bridgehead atoms. The average molecular weight is 534 g/mol. The zero-order chi connectivity index (χ0) is 28.4. The van der Waals surface area contributed by atoms with Crippen molar-refractivity contribution in [3.63, 3.8) is 0 Å². The lowest BCUT2D eigenvalue weighted by atomic mass is 9.53. The number of amides is 1. The number of phenols is 1. The van der Waals surface area contributed by atoms with Crippen LogP contribution in [0.5, 0.6) is 5.75 Å². The fourth-order valence-corrected chi connectivity index (χ4v) is 6.49. The van der Waals surface area contributed by atoms with Crippen LogP contribution in [0, 0.1) is 29.5 Å². The minimum atomic E-state index is -2.68. The maximum absolute atomic E-state index is 13.9. The maximum atomic E-state index is 13.9. The molecule has 2 unspecified atom stereocenters. The summed E-state index contributed by atoms with van der Waals surface area (Å²) in [5.41, 5.74) is 4.88. The third-order valence-electron chi connectivity index (χ3n) is 8.41. The van der Waals surface area contributed by atoms with Gasteiger partial charge in [0.2, 0.25) is 5.91 Å². The van der Waals surface area contributed by atoms with Gasteiger partial charge in [-0.1, -0.05) is 38.1 Å². The number of nitrogens with two attached hydrogens (primary N) is 1. The van der Waals surface area contributed by atoms with Crippen LogP contribution in [0.2, 0.25) is 0 Å². The van der Waals surface area contributed by atoms with Crippen LogP contribution in [-0.2, 0) is 25.6 Å². The molecule has 0 saturated heterocycles. The van der Waals surface area contributed by atoms with Crippen molar-refractivity contribution < 1.29 is 38.6 Å². The molecule has 2 fully saturated rings. The number of primary amides is 1. The number of phenolic OH excluding ortho intramolecular Hbond substituents is 1. The fraction of sp³-hybridized carbons (Fsp3) is 0.367. The van der Waals surface area contributed by atoms with E-state index in [1.807, 2.05) is 13.8 Å². The van der Waals surface area contributed by atoms with Crippen molar-refractivity contribution >= 4 is 41.2 Å². The van der Waals surface area contributed by atoms with Crippen LogP contribution in [0.1, 0.15) is 65.2 Å². The highest BCUT2D eigenvalue weighted by atomic mass is 19.1. The summed E-state index contributed by atoms with van der Waals surface area (Å²) in [6.07, 6.45) is 3.15. The van der Waals surface area contributed by atoms with E-state index in [2.05, 4.69) is 0 Å². The van der Waals surface area contributed by atoms with Crippen molar-refractivity contribution in [1.29, 1.82) is 0 Å². The first-order chi connectivity index (χ1) is 18.4. The summed E-state index contributed by atoms with van der Waals surface area (Å²) in [6.45, 7) is 3.87. The molecule has 3 aliphatic rings. The van der Waals surface area contributed by atoms with Gasteiger partial charge in [0.25, 0.3) is 0 Å². The van der Waals surface area contributed by atoms with Crippen molar-refractivity contribution in [3.05, 3.63) is 64.0 Å². The highest BCUT2D eigenvalue weighted by molar-refractivity contribution is 6.31. The Hall–Kier alpha value is -3.98. The number of ketones is 4. The van der Waals surface area contributed by atoms with Crippen LogP contribution >= 0.6 is 0 Å².